The number of hydrogen-bond acceptors (Lipinski definition) is 4. The highest BCUT2D eigenvalue weighted by molar-refractivity contribution is 7.09. The van der Waals surface area contributed by atoms with Crippen molar-refractivity contribution in [3.63, 3.8) is 0 Å². The Bertz CT molecular complexity index is 1430. The molecule has 0 unspecified atom stereocenters. The topological polar surface area (TPSA) is 71.4 Å². The molecule has 0 spiro atoms. The second-order valence-corrected chi connectivity index (χ2v) is 9.88. The van der Waals surface area contributed by atoms with Gasteiger partial charge in [-0.25, -0.2) is 4.79 Å². The quantitative estimate of drug-likeness (QED) is 0.317. The van der Waals surface area contributed by atoms with Gasteiger partial charge in [-0.2, -0.15) is 0 Å². The summed E-state index contributed by atoms with van der Waals surface area (Å²) in [6, 6.07) is 18.8. The number of rotatable bonds is 6. The minimum atomic E-state index is -1.24. The standard InChI is InChI=1S/C27H25N3O3S/c1-17-14-22(18(2)29(17)15-20-10-7-13-34-20)24(31)16-30-25(32)27(3,28-26(30)33)23-12-6-9-19-8-4-5-11-21(19)23/h4-14H,15-16H2,1-3H3,(H,28,33)/t27-/m0/s1. The summed E-state index contributed by atoms with van der Waals surface area (Å²) in [7, 11) is 0. The van der Waals surface area contributed by atoms with Crippen molar-refractivity contribution in [3.8, 4) is 0 Å². The smallest absolute Gasteiger partial charge is 0.325 e. The summed E-state index contributed by atoms with van der Waals surface area (Å²) in [5.41, 5.74) is 1.81. The fourth-order valence-corrected chi connectivity index (χ4v) is 5.49. The van der Waals surface area contributed by atoms with Crippen molar-refractivity contribution in [2.45, 2.75) is 32.9 Å². The van der Waals surface area contributed by atoms with E-state index >= 15 is 0 Å². The fraction of sp³-hybridized carbons (Fsp3) is 0.222. The molecule has 1 atom stereocenters. The van der Waals surface area contributed by atoms with Gasteiger partial charge in [0.2, 0.25) is 0 Å². The lowest BCUT2D eigenvalue weighted by Gasteiger charge is -2.24. The molecule has 1 aliphatic heterocycles. The van der Waals surface area contributed by atoms with Crippen molar-refractivity contribution in [1.29, 1.82) is 0 Å². The second kappa shape index (κ2) is 8.25. The Hall–Kier alpha value is -3.71. The van der Waals surface area contributed by atoms with Crippen LogP contribution in [-0.4, -0.2) is 33.7 Å². The zero-order chi connectivity index (χ0) is 24.0. The van der Waals surface area contributed by atoms with Crippen LogP contribution in [0.25, 0.3) is 10.8 Å². The molecule has 0 aliphatic carbocycles. The van der Waals surface area contributed by atoms with Gasteiger partial charge in [0, 0.05) is 21.8 Å². The minimum Gasteiger partial charge on any atom is -0.343 e. The third-order valence-electron chi connectivity index (χ3n) is 6.67. The van der Waals surface area contributed by atoms with Crippen LogP contribution in [0.3, 0.4) is 0 Å². The van der Waals surface area contributed by atoms with Gasteiger partial charge >= 0.3 is 6.03 Å². The third kappa shape index (κ3) is 3.53. The fourth-order valence-electron chi connectivity index (χ4n) is 4.80. The van der Waals surface area contributed by atoms with Gasteiger partial charge in [0.05, 0.1) is 13.1 Å². The molecule has 1 fully saturated rings. The number of fused-ring (bicyclic) bond motifs is 1. The number of imide groups is 1. The molecular formula is C27H25N3O3S. The maximum Gasteiger partial charge on any atom is 0.325 e. The summed E-state index contributed by atoms with van der Waals surface area (Å²) in [6.45, 7) is 5.95. The van der Waals surface area contributed by atoms with Gasteiger partial charge in [-0.15, -0.1) is 11.3 Å². The number of thiophene rings is 1. The molecule has 6 nitrogen and oxygen atoms in total. The lowest BCUT2D eigenvalue weighted by molar-refractivity contribution is -0.130. The first-order chi connectivity index (χ1) is 16.3. The molecule has 172 valence electrons. The normalized spacial score (nSPS) is 18.0. The van der Waals surface area contributed by atoms with Gasteiger partial charge in [0.15, 0.2) is 5.78 Å². The molecule has 34 heavy (non-hydrogen) atoms. The van der Waals surface area contributed by atoms with Crippen LogP contribution < -0.4 is 5.32 Å². The number of urea groups is 1. The number of hydrogen-bond donors (Lipinski definition) is 1. The molecule has 5 rings (SSSR count). The first kappa shape index (κ1) is 22.1. The Labute approximate surface area is 201 Å². The van der Waals surface area contributed by atoms with Gasteiger partial charge in [-0.3, -0.25) is 14.5 Å². The van der Waals surface area contributed by atoms with E-state index in [0.717, 1.165) is 27.1 Å². The van der Waals surface area contributed by atoms with Crippen LogP contribution in [0, 0.1) is 13.8 Å². The van der Waals surface area contributed by atoms with Gasteiger partial charge in [-0.1, -0.05) is 48.5 Å². The number of ketones is 1. The Morgan fingerprint density at radius 2 is 1.79 bits per heavy atom. The van der Waals surface area contributed by atoms with Crippen molar-refractivity contribution in [3.05, 3.63) is 93.4 Å². The average Bonchev–Trinajstić information content (AvgIpc) is 3.50. The Kier molecular flexibility index (Phi) is 5.37. The zero-order valence-electron chi connectivity index (χ0n) is 19.3. The van der Waals surface area contributed by atoms with Crippen molar-refractivity contribution in [1.82, 2.24) is 14.8 Å². The highest BCUT2D eigenvalue weighted by atomic mass is 32.1. The summed E-state index contributed by atoms with van der Waals surface area (Å²) in [6.07, 6.45) is 0. The summed E-state index contributed by atoms with van der Waals surface area (Å²) in [4.78, 5) is 41.9. The first-order valence-electron chi connectivity index (χ1n) is 11.1. The maximum atomic E-state index is 13.5. The number of aromatic nitrogens is 1. The third-order valence-corrected chi connectivity index (χ3v) is 7.53. The van der Waals surface area contributed by atoms with Crippen LogP contribution >= 0.6 is 11.3 Å². The number of nitrogens with zero attached hydrogens (tertiary/aromatic N) is 2. The number of amides is 3. The molecule has 1 aliphatic rings. The van der Waals surface area contributed by atoms with Gasteiger partial charge in [0.1, 0.15) is 5.54 Å². The van der Waals surface area contributed by atoms with Crippen LogP contribution in [0.2, 0.25) is 0 Å². The summed E-state index contributed by atoms with van der Waals surface area (Å²) < 4.78 is 2.09. The van der Waals surface area contributed by atoms with Crippen LogP contribution in [-0.2, 0) is 16.9 Å². The molecule has 3 amide bonds. The van der Waals surface area contributed by atoms with Gasteiger partial charge in [-0.05, 0) is 54.6 Å². The summed E-state index contributed by atoms with van der Waals surface area (Å²) in [5, 5.41) is 6.74. The van der Waals surface area contributed by atoms with Crippen LogP contribution in [0.15, 0.2) is 66.0 Å². The van der Waals surface area contributed by atoms with Crippen LogP contribution in [0.4, 0.5) is 4.79 Å². The number of carbonyl (C=O) groups excluding carboxylic acids is 3. The van der Waals surface area contributed by atoms with Crippen LogP contribution in [0.1, 0.15) is 39.1 Å². The summed E-state index contributed by atoms with van der Waals surface area (Å²) in [5.74, 6) is -0.675. The largest absolute Gasteiger partial charge is 0.343 e. The molecule has 2 aromatic carbocycles. The van der Waals surface area contributed by atoms with E-state index in [1.165, 1.54) is 4.88 Å². The predicted octanol–water partition coefficient (Wildman–Crippen LogP) is 5.02. The second-order valence-electron chi connectivity index (χ2n) is 8.85. The number of nitrogens with one attached hydrogen (secondary N) is 1. The molecular weight excluding hydrogens is 446 g/mol. The van der Waals surface area contributed by atoms with E-state index in [1.807, 2.05) is 73.8 Å². The zero-order valence-corrected chi connectivity index (χ0v) is 20.1. The van der Waals surface area contributed by atoms with Crippen molar-refractivity contribution >= 4 is 39.8 Å². The molecule has 2 aromatic heterocycles. The molecule has 4 aromatic rings. The lowest BCUT2D eigenvalue weighted by atomic mass is 9.88. The van der Waals surface area contributed by atoms with Crippen LogP contribution in [0.5, 0.6) is 0 Å². The molecule has 7 heteroatoms. The Morgan fingerprint density at radius 3 is 2.56 bits per heavy atom. The first-order valence-corrected chi connectivity index (χ1v) is 12.0. The lowest BCUT2D eigenvalue weighted by Crippen LogP contribution is -2.41. The van der Waals surface area contributed by atoms with E-state index < -0.39 is 17.5 Å². The van der Waals surface area contributed by atoms with E-state index in [1.54, 1.807) is 18.3 Å². The minimum absolute atomic E-state index is 0.254. The van der Waals surface area contributed by atoms with Gasteiger partial charge in [0.25, 0.3) is 5.91 Å². The Balaban J connectivity index is 1.42. The van der Waals surface area contributed by atoms with E-state index in [9.17, 15) is 14.4 Å². The molecule has 0 bridgehead atoms. The molecule has 0 saturated carbocycles. The van der Waals surface area contributed by atoms with E-state index in [4.69, 9.17) is 0 Å². The number of benzene rings is 2. The van der Waals surface area contributed by atoms with Crippen molar-refractivity contribution in [2.75, 3.05) is 6.54 Å². The molecule has 3 heterocycles. The SMILES string of the molecule is Cc1cc(C(=O)CN2C(=O)N[C@@](C)(c3cccc4ccccc34)C2=O)c(C)n1Cc1cccs1. The predicted molar refractivity (Wildman–Crippen MR) is 133 cm³/mol. The van der Waals surface area contributed by atoms with Gasteiger partial charge < -0.3 is 9.88 Å². The maximum absolute atomic E-state index is 13.5. The summed E-state index contributed by atoms with van der Waals surface area (Å²) >= 11 is 1.67. The van der Waals surface area contributed by atoms with Crippen molar-refractivity contribution in [2.24, 2.45) is 0 Å². The Morgan fingerprint density at radius 1 is 1.03 bits per heavy atom. The molecule has 0 radical (unpaired) electrons. The van der Waals surface area contributed by atoms with E-state index in [0.29, 0.717) is 17.7 Å². The highest BCUT2D eigenvalue weighted by Crippen LogP contribution is 2.34. The van der Waals surface area contributed by atoms with E-state index in [2.05, 4.69) is 16.0 Å². The monoisotopic (exact) mass is 471 g/mol. The van der Waals surface area contributed by atoms with E-state index in [-0.39, 0.29) is 12.3 Å². The molecule has 1 saturated heterocycles. The molecule has 1 N–H and O–H groups in total. The van der Waals surface area contributed by atoms with Crippen molar-refractivity contribution < 1.29 is 14.4 Å². The number of carbonyl (C=O) groups is 3. The highest BCUT2D eigenvalue weighted by Gasteiger charge is 2.50. The number of aryl methyl sites for hydroxylation is 1. The average molecular weight is 472 g/mol. The number of Topliss-reactive ketones (excluding diaryl/α,β-unsaturated/α-hetero) is 1.